The van der Waals surface area contributed by atoms with Gasteiger partial charge in [0.25, 0.3) is 0 Å². The zero-order valence-corrected chi connectivity index (χ0v) is 45.8. The van der Waals surface area contributed by atoms with Crippen LogP contribution in [0.2, 0.25) is 0 Å². The van der Waals surface area contributed by atoms with Gasteiger partial charge in [0.15, 0.2) is 12.6 Å². The minimum Gasteiger partial charge on any atom is -0.445 e. The molecule has 6 aromatic carbocycles. The molecule has 82 heavy (non-hydrogen) atoms. The number of rotatable bonds is 28. The Hall–Kier alpha value is -6.85. The van der Waals surface area contributed by atoms with Crippen molar-refractivity contribution in [2.45, 2.75) is 119 Å². The van der Waals surface area contributed by atoms with Crippen molar-refractivity contribution < 1.29 is 73.4 Å². The molecule has 11 atom stereocenters. The van der Waals surface area contributed by atoms with Crippen molar-refractivity contribution in [3.05, 3.63) is 191 Å². The van der Waals surface area contributed by atoms with Crippen LogP contribution in [0.4, 0.5) is 9.59 Å². The molecule has 2 fully saturated rings. The Morgan fingerprint density at radius 3 is 1.54 bits per heavy atom. The summed E-state index contributed by atoms with van der Waals surface area (Å²) in [4.78, 5) is 43.1. The number of ether oxygens (including phenoxy) is 6. The first kappa shape index (κ1) is 61.2. The van der Waals surface area contributed by atoms with Crippen LogP contribution in [0.5, 0.6) is 0 Å². The smallest absolute Gasteiger partial charge is 0.410 e. The number of nitrogens with zero attached hydrogens (tertiary/aromatic N) is 2. The van der Waals surface area contributed by atoms with Crippen LogP contribution in [-0.2, 0) is 59.3 Å². The molecule has 0 aromatic heterocycles. The number of benzene rings is 6. The van der Waals surface area contributed by atoms with Crippen LogP contribution >= 0.6 is 0 Å². The Bertz CT molecular complexity index is 2820. The molecule has 19 heteroatoms. The van der Waals surface area contributed by atoms with Crippen molar-refractivity contribution in [2.75, 3.05) is 45.9 Å². The fraction of sp³-hybridized carbons (Fsp3) is 0.413. The lowest BCUT2D eigenvalue weighted by Gasteiger charge is -2.40. The van der Waals surface area contributed by atoms with Gasteiger partial charge in [-0.05, 0) is 71.6 Å². The molecule has 6 aromatic rings. The van der Waals surface area contributed by atoms with Crippen molar-refractivity contribution in [3.63, 3.8) is 0 Å². The summed E-state index contributed by atoms with van der Waals surface area (Å²) in [7, 11) is 0. The molecule has 8 rings (SSSR count). The summed E-state index contributed by atoms with van der Waals surface area (Å²) < 4.78 is 34.6. The molecule has 0 radical (unpaired) electrons. The van der Waals surface area contributed by atoms with Gasteiger partial charge in [0.05, 0.1) is 25.4 Å². The molecule has 2 saturated heterocycles. The average Bonchev–Trinajstić information content (AvgIpc) is 3.52. The van der Waals surface area contributed by atoms with Crippen molar-refractivity contribution >= 4 is 28.9 Å². The molecule has 19 nitrogen and oxygen atoms in total. The van der Waals surface area contributed by atoms with Gasteiger partial charge in [0.2, 0.25) is 5.91 Å². The second kappa shape index (κ2) is 31.0. The van der Waals surface area contributed by atoms with Gasteiger partial charge in [-0.15, -0.1) is 0 Å². The normalized spacial score (nSPS) is 21.0. The number of hydrogen-bond donors (Lipinski definition) is 8. The number of amides is 3. The average molecular weight is 1130 g/mol. The van der Waals surface area contributed by atoms with Gasteiger partial charge in [0.1, 0.15) is 55.9 Å². The Labute approximate surface area is 477 Å². The van der Waals surface area contributed by atoms with Crippen LogP contribution in [0.1, 0.15) is 71.6 Å². The van der Waals surface area contributed by atoms with Gasteiger partial charge in [-0.3, -0.25) is 14.6 Å². The van der Waals surface area contributed by atoms with E-state index in [4.69, 9.17) is 34.2 Å². The Kier molecular flexibility index (Phi) is 23.1. The Morgan fingerprint density at radius 1 is 0.573 bits per heavy atom. The van der Waals surface area contributed by atoms with E-state index in [9.17, 15) is 45.0 Å². The van der Waals surface area contributed by atoms with Crippen molar-refractivity contribution in [1.82, 2.24) is 15.1 Å². The summed E-state index contributed by atoms with van der Waals surface area (Å²) in [5, 5.41) is 73.5. The second-order valence-corrected chi connectivity index (χ2v) is 20.8. The lowest BCUT2D eigenvalue weighted by molar-refractivity contribution is -0.285. The number of aliphatic hydroxyl groups is 6. The van der Waals surface area contributed by atoms with Crippen LogP contribution in [0.3, 0.4) is 0 Å². The third-order valence-electron chi connectivity index (χ3n) is 14.8. The van der Waals surface area contributed by atoms with Gasteiger partial charge >= 0.3 is 12.2 Å². The first-order chi connectivity index (χ1) is 39.8. The minimum atomic E-state index is -1.68. The highest BCUT2D eigenvalue weighted by Crippen LogP contribution is 2.32. The number of primary amides is 1. The highest BCUT2D eigenvalue weighted by molar-refractivity contribution is 5.89. The molecule has 2 aliphatic rings. The number of aliphatic hydroxyl groups excluding tert-OH is 6. The predicted octanol–water partition coefficient (Wildman–Crippen LogP) is 5.60. The maximum atomic E-state index is 14.3. The quantitative estimate of drug-likeness (QED) is 0.0278. The van der Waals surface area contributed by atoms with E-state index < -0.39 is 85.5 Å². The molecule has 0 spiro atoms. The number of carbonyl (C=O) groups is 3. The molecule has 0 saturated carbocycles. The van der Waals surface area contributed by atoms with Crippen LogP contribution in [0.15, 0.2) is 158 Å². The van der Waals surface area contributed by atoms with E-state index in [1.807, 2.05) is 91.0 Å². The zero-order valence-electron chi connectivity index (χ0n) is 45.8. The van der Waals surface area contributed by atoms with E-state index >= 15 is 0 Å². The maximum absolute atomic E-state index is 14.3. The van der Waals surface area contributed by atoms with Crippen LogP contribution in [0, 0.1) is 0 Å². The van der Waals surface area contributed by atoms with Crippen LogP contribution in [-0.4, -0.2) is 159 Å². The third-order valence-corrected chi connectivity index (χ3v) is 14.8. The lowest BCUT2D eigenvalue weighted by Crippen LogP contribution is -2.56. The number of hydrogen-bond acceptors (Lipinski definition) is 16. The second-order valence-electron chi connectivity index (χ2n) is 20.8. The summed E-state index contributed by atoms with van der Waals surface area (Å²) in [5.74, 6) is -0.767. The summed E-state index contributed by atoms with van der Waals surface area (Å²) in [6.07, 6.45) is -12.2. The predicted molar refractivity (Wildman–Crippen MR) is 303 cm³/mol. The lowest BCUT2D eigenvalue weighted by atomic mass is 9.93. The van der Waals surface area contributed by atoms with E-state index in [1.54, 1.807) is 65.6 Å². The summed E-state index contributed by atoms with van der Waals surface area (Å²) in [6.45, 7) is -0.654. The first-order valence-electron chi connectivity index (χ1n) is 28.0. The highest BCUT2D eigenvalue weighted by atomic mass is 16.7. The van der Waals surface area contributed by atoms with E-state index in [0.29, 0.717) is 29.7 Å². The Morgan fingerprint density at radius 2 is 1.04 bits per heavy atom. The standard InChI is InChI=1S/C63H76N4O15/c64-59(74)50(32-31-45-30-29-44(48-27-13-14-28-49(45)48)22-15-16-33-65-62(75)79-38-42-18-5-1-6-19-42)67(63(76)80-39-43-20-7-2-8-21-43)35-17-34-66(36-51(68)55(72)57-53(70)40-77-60(81-57)46-23-9-3-10-24-46)37-52(69)56(73)58-54(71)41-78-61(82-58)47-25-11-4-12-26-47/h1-14,18-21,23-30,50-58,60-61,68-73H,15-17,22,31-41H2,(H2,64,74)(H,65,75)/t50?,51-,52-,53+,54+,55+,56+,57+,58+,60?,61?/m0/s1. The van der Waals surface area contributed by atoms with E-state index in [0.717, 1.165) is 46.7 Å². The number of nitrogens with one attached hydrogen (secondary N) is 1. The fourth-order valence-corrected chi connectivity index (χ4v) is 10.4. The van der Waals surface area contributed by atoms with Gasteiger partial charge < -0.3 is 70.1 Å². The van der Waals surface area contributed by atoms with Gasteiger partial charge in [-0.2, -0.15) is 0 Å². The van der Waals surface area contributed by atoms with E-state index in [-0.39, 0.29) is 65.4 Å². The summed E-state index contributed by atoms with van der Waals surface area (Å²) >= 11 is 0. The number of alkyl carbamates (subject to hydrolysis) is 1. The summed E-state index contributed by atoms with van der Waals surface area (Å²) in [6, 6.07) is 47.3. The molecule has 0 aliphatic carbocycles. The van der Waals surface area contributed by atoms with Crippen molar-refractivity contribution in [2.24, 2.45) is 5.73 Å². The van der Waals surface area contributed by atoms with Gasteiger partial charge in [-0.1, -0.05) is 158 Å². The molecule has 3 amide bonds. The molecular weight excluding hydrogens is 1050 g/mol. The number of unbranched alkanes of at least 4 members (excludes halogenated alkanes) is 1. The minimum absolute atomic E-state index is 0.00429. The first-order valence-corrected chi connectivity index (χ1v) is 28.0. The SMILES string of the molecule is NC(=O)C(CCc1ccc(CCCCNC(=O)OCc2ccccc2)c2ccccc12)N(CCCN(C[C@H](O)[C@@H](O)[C@@H]1OC(c2ccccc2)OC[C@H]1O)C[C@H](O)[C@@H](O)[C@@H]1OC(c2ccccc2)OC[C@H]1O)C(=O)OCc1ccccc1. The topological polar surface area (TPSA) is 272 Å². The number of aryl methyl sites for hydroxylation is 2. The third kappa shape index (κ3) is 17.3. The molecule has 9 N–H and O–H groups in total. The Balaban J connectivity index is 0.959. The van der Waals surface area contributed by atoms with Crippen molar-refractivity contribution in [1.29, 1.82) is 0 Å². The van der Waals surface area contributed by atoms with Crippen LogP contribution < -0.4 is 11.1 Å². The molecule has 0 bridgehead atoms. The van der Waals surface area contributed by atoms with E-state index in [1.165, 1.54) is 4.90 Å². The monoisotopic (exact) mass is 1130 g/mol. The molecular formula is C63H76N4O15. The summed E-state index contributed by atoms with van der Waals surface area (Å²) in [5.41, 5.74) is 11.1. The zero-order chi connectivity index (χ0) is 57.8. The fourth-order valence-electron chi connectivity index (χ4n) is 10.4. The number of nitrogens with two attached hydrogens (primary N) is 1. The van der Waals surface area contributed by atoms with Crippen LogP contribution in [0.25, 0.3) is 10.8 Å². The number of fused-ring (bicyclic) bond motifs is 1. The van der Waals surface area contributed by atoms with E-state index in [2.05, 4.69) is 11.4 Å². The largest absolute Gasteiger partial charge is 0.445 e. The van der Waals surface area contributed by atoms with Crippen molar-refractivity contribution in [3.8, 4) is 0 Å². The molecule has 2 aliphatic heterocycles. The highest BCUT2D eigenvalue weighted by Gasteiger charge is 2.42. The number of carbonyl (C=O) groups excluding carboxylic acids is 3. The van der Waals surface area contributed by atoms with Gasteiger partial charge in [-0.25, -0.2) is 9.59 Å². The molecule has 2 heterocycles. The molecule has 3 unspecified atom stereocenters. The van der Waals surface area contributed by atoms with Gasteiger partial charge in [0, 0.05) is 43.9 Å². The molecule has 438 valence electrons. The maximum Gasteiger partial charge on any atom is 0.410 e.